The van der Waals surface area contributed by atoms with Gasteiger partial charge in [0, 0.05) is 36.6 Å². The van der Waals surface area contributed by atoms with Crippen molar-refractivity contribution in [2.45, 2.75) is 12.8 Å². The summed E-state index contributed by atoms with van der Waals surface area (Å²) in [6.07, 6.45) is 6.92. The van der Waals surface area contributed by atoms with Crippen LogP contribution in [0, 0.1) is 0 Å². The number of H-pyrrole nitrogens is 1. The first-order valence-electron chi connectivity index (χ1n) is 6.48. The SMILES string of the molecule is NC/C=C/CNC(=O)CCc1c[nH]c2ccccc12. The lowest BCUT2D eigenvalue weighted by Gasteiger charge is -2.02. The number of hydrogen-bond acceptors (Lipinski definition) is 2. The summed E-state index contributed by atoms with van der Waals surface area (Å²) < 4.78 is 0. The molecule has 0 radical (unpaired) electrons. The molecule has 19 heavy (non-hydrogen) atoms. The van der Waals surface area contributed by atoms with Gasteiger partial charge in [-0.1, -0.05) is 30.4 Å². The molecule has 0 fully saturated rings. The average molecular weight is 257 g/mol. The van der Waals surface area contributed by atoms with E-state index in [4.69, 9.17) is 5.73 Å². The van der Waals surface area contributed by atoms with Crippen molar-refractivity contribution < 1.29 is 4.79 Å². The van der Waals surface area contributed by atoms with E-state index in [1.807, 2.05) is 36.5 Å². The van der Waals surface area contributed by atoms with Gasteiger partial charge in [-0.25, -0.2) is 0 Å². The maximum absolute atomic E-state index is 11.7. The minimum absolute atomic E-state index is 0.0620. The molecule has 1 aromatic carbocycles. The van der Waals surface area contributed by atoms with Crippen LogP contribution in [0.2, 0.25) is 0 Å². The highest BCUT2D eigenvalue weighted by atomic mass is 16.1. The maximum Gasteiger partial charge on any atom is 0.220 e. The Bertz CT molecular complexity index is 572. The van der Waals surface area contributed by atoms with E-state index in [1.54, 1.807) is 0 Å². The van der Waals surface area contributed by atoms with Gasteiger partial charge >= 0.3 is 0 Å². The summed E-state index contributed by atoms with van der Waals surface area (Å²) in [4.78, 5) is 14.9. The number of nitrogens with one attached hydrogen (secondary N) is 2. The molecule has 0 saturated carbocycles. The zero-order valence-corrected chi connectivity index (χ0v) is 10.9. The Morgan fingerprint density at radius 3 is 3.00 bits per heavy atom. The van der Waals surface area contributed by atoms with Gasteiger partial charge in [-0.15, -0.1) is 0 Å². The van der Waals surface area contributed by atoms with Gasteiger partial charge in [0.1, 0.15) is 0 Å². The van der Waals surface area contributed by atoms with Gasteiger partial charge in [-0.2, -0.15) is 0 Å². The number of carbonyl (C=O) groups is 1. The first-order valence-corrected chi connectivity index (χ1v) is 6.48. The molecule has 2 aromatic rings. The zero-order valence-electron chi connectivity index (χ0n) is 10.9. The van der Waals surface area contributed by atoms with Crippen molar-refractivity contribution in [1.82, 2.24) is 10.3 Å². The molecule has 0 bridgehead atoms. The third-order valence-corrected chi connectivity index (χ3v) is 3.02. The molecule has 0 spiro atoms. The van der Waals surface area contributed by atoms with Gasteiger partial charge < -0.3 is 16.0 Å². The van der Waals surface area contributed by atoms with E-state index in [0.717, 1.165) is 11.9 Å². The fourth-order valence-electron chi connectivity index (χ4n) is 2.03. The number of para-hydroxylation sites is 1. The van der Waals surface area contributed by atoms with Crippen LogP contribution in [0.4, 0.5) is 0 Å². The van der Waals surface area contributed by atoms with E-state index >= 15 is 0 Å². The number of nitrogens with two attached hydrogens (primary N) is 1. The van der Waals surface area contributed by atoms with Crippen molar-refractivity contribution in [1.29, 1.82) is 0 Å². The Kier molecular flexibility index (Phi) is 4.75. The lowest BCUT2D eigenvalue weighted by atomic mass is 10.1. The number of hydrogen-bond donors (Lipinski definition) is 3. The number of aromatic amines is 1. The number of fused-ring (bicyclic) bond motifs is 1. The van der Waals surface area contributed by atoms with E-state index < -0.39 is 0 Å². The molecule has 0 atom stereocenters. The highest BCUT2D eigenvalue weighted by molar-refractivity contribution is 5.84. The van der Waals surface area contributed by atoms with E-state index in [2.05, 4.69) is 16.4 Å². The van der Waals surface area contributed by atoms with Crippen LogP contribution >= 0.6 is 0 Å². The lowest BCUT2D eigenvalue weighted by molar-refractivity contribution is -0.120. The third kappa shape index (κ3) is 3.69. The molecule has 4 N–H and O–H groups in total. The molecule has 2 rings (SSSR count). The number of carbonyl (C=O) groups excluding carboxylic acids is 1. The zero-order chi connectivity index (χ0) is 13.5. The molecule has 0 aliphatic heterocycles. The van der Waals surface area contributed by atoms with Crippen molar-refractivity contribution in [3.8, 4) is 0 Å². The van der Waals surface area contributed by atoms with Gasteiger partial charge in [-0.3, -0.25) is 4.79 Å². The summed E-state index contributed by atoms with van der Waals surface area (Å²) in [5, 5.41) is 4.03. The second-order valence-corrected chi connectivity index (χ2v) is 4.37. The molecule has 0 saturated heterocycles. The molecule has 4 heteroatoms. The normalized spacial score (nSPS) is 11.2. The summed E-state index contributed by atoms with van der Waals surface area (Å²) in [7, 11) is 0. The largest absolute Gasteiger partial charge is 0.361 e. The molecule has 100 valence electrons. The van der Waals surface area contributed by atoms with Crippen LogP contribution in [0.3, 0.4) is 0 Å². The quantitative estimate of drug-likeness (QED) is 0.690. The smallest absolute Gasteiger partial charge is 0.220 e. The van der Waals surface area contributed by atoms with Gasteiger partial charge in [0.25, 0.3) is 0 Å². The Morgan fingerprint density at radius 2 is 2.16 bits per heavy atom. The summed E-state index contributed by atoms with van der Waals surface area (Å²) >= 11 is 0. The van der Waals surface area contributed by atoms with Crippen molar-refractivity contribution in [2.24, 2.45) is 5.73 Å². The molecular weight excluding hydrogens is 238 g/mol. The molecule has 0 aliphatic rings. The number of aromatic nitrogens is 1. The topological polar surface area (TPSA) is 70.9 Å². The van der Waals surface area contributed by atoms with Crippen LogP contribution in [0.25, 0.3) is 10.9 Å². The fourth-order valence-corrected chi connectivity index (χ4v) is 2.03. The van der Waals surface area contributed by atoms with Gasteiger partial charge in [0.05, 0.1) is 0 Å². The molecule has 1 heterocycles. The van der Waals surface area contributed by atoms with Crippen LogP contribution in [0.1, 0.15) is 12.0 Å². The standard InChI is InChI=1S/C15H19N3O/c16-9-3-4-10-17-15(19)8-7-12-11-18-14-6-2-1-5-13(12)14/h1-6,11,18H,7-10,16H2,(H,17,19)/b4-3+. The number of benzene rings is 1. The Balaban J connectivity index is 1.85. The number of rotatable bonds is 6. The second-order valence-electron chi connectivity index (χ2n) is 4.37. The summed E-state index contributed by atoms with van der Waals surface area (Å²) in [6.45, 7) is 1.05. The molecule has 0 aliphatic carbocycles. The third-order valence-electron chi connectivity index (χ3n) is 3.02. The predicted octanol–water partition coefficient (Wildman–Crippen LogP) is 1.73. The molecule has 1 aromatic heterocycles. The first-order chi connectivity index (χ1) is 9.31. The van der Waals surface area contributed by atoms with E-state index in [1.165, 1.54) is 10.9 Å². The summed E-state index contributed by atoms with van der Waals surface area (Å²) in [6, 6.07) is 8.12. The Labute approximate surface area is 112 Å². The van der Waals surface area contributed by atoms with Crippen molar-refractivity contribution in [3.05, 3.63) is 48.2 Å². The Morgan fingerprint density at radius 1 is 1.32 bits per heavy atom. The molecular formula is C15H19N3O. The predicted molar refractivity (Wildman–Crippen MR) is 77.8 cm³/mol. The van der Waals surface area contributed by atoms with Gasteiger partial charge in [-0.05, 0) is 18.1 Å². The van der Waals surface area contributed by atoms with Gasteiger partial charge in [0.2, 0.25) is 5.91 Å². The van der Waals surface area contributed by atoms with Crippen LogP contribution in [0.15, 0.2) is 42.6 Å². The molecule has 0 unspecified atom stereocenters. The lowest BCUT2D eigenvalue weighted by Crippen LogP contribution is -2.23. The first kappa shape index (κ1) is 13.4. The summed E-state index contributed by atoms with van der Waals surface area (Å²) in [5.74, 6) is 0.0620. The second kappa shape index (κ2) is 6.75. The van der Waals surface area contributed by atoms with Crippen LogP contribution in [0.5, 0.6) is 0 Å². The van der Waals surface area contributed by atoms with Crippen LogP contribution < -0.4 is 11.1 Å². The minimum Gasteiger partial charge on any atom is -0.361 e. The number of amides is 1. The highest BCUT2D eigenvalue weighted by Gasteiger charge is 2.05. The van der Waals surface area contributed by atoms with E-state index in [9.17, 15) is 4.79 Å². The highest BCUT2D eigenvalue weighted by Crippen LogP contribution is 2.18. The minimum atomic E-state index is 0.0620. The average Bonchev–Trinajstić information content (AvgIpc) is 2.85. The van der Waals surface area contributed by atoms with Crippen molar-refractivity contribution >= 4 is 16.8 Å². The van der Waals surface area contributed by atoms with Crippen LogP contribution in [-0.4, -0.2) is 24.0 Å². The van der Waals surface area contributed by atoms with Crippen LogP contribution in [-0.2, 0) is 11.2 Å². The fraction of sp³-hybridized carbons (Fsp3) is 0.267. The number of aryl methyl sites for hydroxylation is 1. The van der Waals surface area contributed by atoms with Crippen molar-refractivity contribution in [3.63, 3.8) is 0 Å². The monoisotopic (exact) mass is 257 g/mol. The van der Waals surface area contributed by atoms with E-state index in [0.29, 0.717) is 19.5 Å². The van der Waals surface area contributed by atoms with Crippen molar-refractivity contribution in [2.75, 3.05) is 13.1 Å². The molecule has 1 amide bonds. The Hall–Kier alpha value is -2.07. The molecule has 4 nitrogen and oxygen atoms in total. The van der Waals surface area contributed by atoms with Gasteiger partial charge in [0.15, 0.2) is 0 Å². The summed E-state index contributed by atoms with van der Waals surface area (Å²) in [5.41, 5.74) is 7.62. The maximum atomic E-state index is 11.7. The van der Waals surface area contributed by atoms with E-state index in [-0.39, 0.29) is 5.91 Å².